The number of fused-ring (bicyclic) bond motifs is 1. The van der Waals surface area contributed by atoms with Gasteiger partial charge in [-0.05, 0) is 68.8 Å². The molecule has 1 unspecified atom stereocenters. The number of nitrogens with one attached hydrogen (secondary N) is 2. The Morgan fingerprint density at radius 1 is 1.00 bits per heavy atom. The van der Waals surface area contributed by atoms with Crippen LogP contribution in [0.1, 0.15) is 59.2 Å². The smallest absolute Gasteiger partial charge is 0.262 e. The molecule has 1 aliphatic carbocycles. The van der Waals surface area contributed by atoms with Crippen molar-refractivity contribution in [2.75, 3.05) is 13.1 Å². The van der Waals surface area contributed by atoms with E-state index in [1.54, 1.807) is 18.2 Å². The lowest BCUT2D eigenvalue weighted by atomic mass is 9.62. The molecule has 2 N–H and O–H groups in total. The van der Waals surface area contributed by atoms with Gasteiger partial charge in [0.1, 0.15) is 11.8 Å². The molecule has 1 spiro atoms. The Kier molecular flexibility index (Phi) is 4.20. The number of rotatable bonds is 3. The minimum absolute atomic E-state index is 0.108. The molecule has 4 amide bonds. The average Bonchev–Trinajstić information content (AvgIpc) is 2.92. The standard InChI is InChI=1S/C21H23N3O5/c25-17-4-3-16(18(26)23-17)24-19(27)14-2-1-12(9-15(14)20(24)28)29-13-10-21(11-13)5-7-22-8-6-21/h1-2,9,13,16,22H,3-8,10-11H2,(H,23,25,26). The molecule has 1 saturated carbocycles. The molecule has 1 aromatic carbocycles. The third-order valence-corrected chi connectivity index (χ3v) is 6.70. The second-order valence-corrected chi connectivity index (χ2v) is 8.55. The number of piperidine rings is 2. The van der Waals surface area contributed by atoms with Crippen molar-refractivity contribution >= 4 is 23.6 Å². The van der Waals surface area contributed by atoms with Crippen LogP contribution >= 0.6 is 0 Å². The van der Waals surface area contributed by atoms with E-state index in [9.17, 15) is 19.2 Å². The van der Waals surface area contributed by atoms with Crippen LogP contribution in [0.15, 0.2) is 18.2 Å². The van der Waals surface area contributed by atoms with Crippen LogP contribution in [0.2, 0.25) is 0 Å². The third kappa shape index (κ3) is 3.02. The number of hydrogen-bond donors (Lipinski definition) is 2. The van der Waals surface area contributed by atoms with Gasteiger partial charge >= 0.3 is 0 Å². The van der Waals surface area contributed by atoms with Crippen LogP contribution in [0.4, 0.5) is 0 Å². The fourth-order valence-electron chi connectivity index (χ4n) is 5.07. The van der Waals surface area contributed by atoms with Gasteiger partial charge in [-0.3, -0.25) is 29.4 Å². The maximum absolute atomic E-state index is 12.9. The van der Waals surface area contributed by atoms with Crippen molar-refractivity contribution in [2.24, 2.45) is 5.41 Å². The Morgan fingerprint density at radius 2 is 1.72 bits per heavy atom. The molecule has 1 aromatic rings. The number of carbonyl (C=O) groups excluding carboxylic acids is 4. The minimum Gasteiger partial charge on any atom is -0.490 e. The zero-order chi connectivity index (χ0) is 20.2. The minimum atomic E-state index is -0.948. The SMILES string of the molecule is O=C1CCC(N2C(=O)c3ccc(OC4CC5(CCNCC5)C4)cc3C2=O)C(=O)N1. The van der Waals surface area contributed by atoms with Crippen LogP contribution in [0.3, 0.4) is 0 Å². The Labute approximate surface area is 168 Å². The molecule has 2 saturated heterocycles. The molecule has 1 atom stereocenters. The highest BCUT2D eigenvalue weighted by Crippen LogP contribution is 2.49. The molecule has 0 bridgehead atoms. The number of hydrogen-bond acceptors (Lipinski definition) is 6. The van der Waals surface area contributed by atoms with E-state index >= 15 is 0 Å². The van der Waals surface area contributed by atoms with Crippen LogP contribution < -0.4 is 15.4 Å². The van der Waals surface area contributed by atoms with Crippen LogP contribution in [-0.4, -0.2) is 53.8 Å². The molecule has 8 heteroatoms. The van der Waals surface area contributed by atoms with Crippen LogP contribution in [0.25, 0.3) is 0 Å². The van der Waals surface area contributed by atoms with E-state index in [0.29, 0.717) is 11.2 Å². The summed E-state index contributed by atoms with van der Waals surface area (Å²) in [4.78, 5) is 50.1. The van der Waals surface area contributed by atoms with Gasteiger partial charge in [0.2, 0.25) is 11.8 Å². The zero-order valence-corrected chi connectivity index (χ0v) is 16.0. The summed E-state index contributed by atoms with van der Waals surface area (Å²) in [5, 5.41) is 5.59. The number of nitrogens with zero attached hydrogens (tertiary/aromatic N) is 1. The summed E-state index contributed by atoms with van der Waals surface area (Å²) in [5.74, 6) is -1.42. The lowest BCUT2D eigenvalue weighted by Gasteiger charge is -2.49. The van der Waals surface area contributed by atoms with Gasteiger partial charge in [0.05, 0.1) is 17.2 Å². The largest absolute Gasteiger partial charge is 0.490 e. The predicted octanol–water partition coefficient (Wildman–Crippen LogP) is 0.999. The molecule has 4 aliphatic rings. The van der Waals surface area contributed by atoms with E-state index in [1.807, 2.05) is 0 Å². The molecule has 8 nitrogen and oxygen atoms in total. The Balaban J connectivity index is 1.30. The van der Waals surface area contributed by atoms with Gasteiger partial charge in [-0.1, -0.05) is 0 Å². The molecular formula is C21H23N3O5. The fourth-order valence-corrected chi connectivity index (χ4v) is 5.07. The van der Waals surface area contributed by atoms with Gasteiger partial charge in [0.15, 0.2) is 0 Å². The quantitative estimate of drug-likeness (QED) is 0.738. The van der Waals surface area contributed by atoms with Gasteiger partial charge < -0.3 is 10.1 Å². The van der Waals surface area contributed by atoms with Gasteiger partial charge in [0, 0.05) is 6.42 Å². The molecule has 0 aromatic heterocycles. The van der Waals surface area contributed by atoms with Crippen molar-refractivity contribution in [1.82, 2.24) is 15.5 Å². The molecule has 3 fully saturated rings. The molecule has 152 valence electrons. The van der Waals surface area contributed by atoms with Crippen molar-refractivity contribution in [3.8, 4) is 5.75 Å². The predicted molar refractivity (Wildman–Crippen MR) is 101 cm³/mol. The van der Waals surface area contributed by atoms with E-state index in [1.165, 1.54) is 12.8 Å². The molecule has 0 radical (unpaired) electrons. The van der Waals surface area contributed by atoms with Crippen molar-refractivity contribution < 1.29 is 23.9 Å². The molecule has 3 aliphatic heterocycles. The second kappa shape index (κ2) is 6.66. The number of amides is 4. The van der Waals surface area contributed by atoms with E-state index in [0.717, 1.165) is 30.8 Å². The highest BCUT2D eigenvalue weighted by molar-refractivity contribution is 6.23. The van der Waals surface area contributed by atoms with Gasteiger partial charge in [-0.15, -0.1) is 0 Å². The average molecular weight is 397 g/mol. The van der Waals surface area contributed by atoms with E-state index in [2.05, 4.69) is 10.6 Å². The Morgan fingerprint density at radius 3 is 2.45 bits per heavy atom. The van der Waals surface area contributed by atoms with Gasteiger partial charge in [0.25, 0.3) is 11.8 Å². The topological polar surface area (TPSA) is 105 Å². The summed E-state index contributed by atoms with van der Waals surface area (Å²) in [6.07, 6.45) is 4.76. The highest BCUT2D eigenvalue weighted by atomic mass is 16.5. The number of benzene rings is 1. The monoisotopic (exact) mass is 397 g/mol. The number of ether oxygens (including phenoxy) is 1. The third-order valence-electron chi connectivity index (χ3n) is 6.70. The Bertz CT molecular complexity index is 913. The summed E-state index contributed by atoms with van der Waals surface area (Å²) >= 11 is 0. The highest BCUT2D eigenvalue weighted by Gasteiger charge is 2.47. The first-order valence-electron chi connectivity index (χ1n) is 10.2. The number of imide groups is 2. The van der Waals surface area contributed by atoms with Crippen LogP contribution in [0, 0.1) is 5.41 Å². The van der Waals surface area contributed by atoms with Crippen molar-refractivity contribution in [1.29, 1.82) is 0 Å². The summed E-state index contributed by atoms with van der Waals surface area (Å²) < 4.78 is 6.08. The van der Waals surface area contributed by atoms with Crippen LogP contribution in [0.5, 0.6) is 5.75 Å². The zero-order valence-electron chi connectivity index (χ0n) is 16.0. The molecular weight excluding hydrogens is 374 g/mol. The summed E-state index contributed by atoms with van der Waals surface area (Å²) in [7, 11) is 0. The summed E-state index contributed by atoms with van der Waals surface area (Å²) in [6.45, 7) is 2.11. The Hall–Kier alpha value is -2.74. The van der Waals surface area contributed by atoms with Crippen molar-refractivity contribution in [3.05, 3.63) is 29.3 Å². The second-order valence-electron chi connectivity index (χ2n) is 8.55. The maximum atomic E-state index is 12.9. The fraction of sp³-hybridized carbons (Fsp3) is 0.524. The lowest BCUT2D eigenvalue weighted by molar-refractivity contribution is -0.136. The molecule has 5 rings (SSSR count). The van der Waals surface area contributed by atoms with Crippen molar-refractivity contribution in [3.63, 3.8) is 0 Å². The summed E-state index contributed by atoms with van der Waals surface area (Å²) in [5.41, 5.74) is 0.921. The van der Waals surface area contributed by atoms with Crippen LogP contribution in [-0.2, 0) is 9.59 Å². The van der Waals surface area contributed by atoms with E-state index in [-0.39, 0.29) is 36.0 Å². The number of carbonyl (C=O) groups is 4. The first-order chi connectivity index (χ1) is 14.0. The summed E-state index contributed by atoms with van der Waals surface area (Å²) in [6, 6.07) is 3.96. The normalized spacial score (nSPS) is 26.3. The van der Waals surface area contributed by atoms with E-state index < -0.39 is 23.8 Å². The van der Waals surface area contributed by atoms with E-state index in [4.69, 9.17) is 4.74 Å². The lowest BCUT2D eigenvalue weighted by Crippen LogP contribution is -2.54. The van der Waals surface area contributed by atoms with Gasteiger partial charge in [-0.2, -0.15) is 0 Å². The van der Waals surface area contributed by atoms with Crippen molar-refractivity contribution in [2.45, 2.75) is 50.7 Å². The molecule has 3 heterocycles. The molecule has 29 heavy (non-hydrogen) atoms. The van der Waals surface area contributed by atoms with Gasteiger partial charge in [-0.25, -0.2) is 0 Å². The first kappa shape index (κ1) is 18.3. The first-order valence-corrected chi connectivity index (χ1v) is 10.2. The maximum Gasteiger partial charge on any atom is 0.262 e.